The zero-order valence-corrected chi connectivity index (χ0v) is 13.2. The number of nitrogens with zero attached hydrogens (tertiary/aromatic N) is 1. The first-order chi connectivity index (χ1) is 10.4. The molecule has 1 atom stereocenters. The van der Waals surface area contributed by atoms with Crippen molar-refractivity contribution in [2.75, 3.05) is 7.11 Å². The van der Waals surface area contributed by atoms with Gasteiger partial charge in [0, 0.05) is 7.11 Å². The summed E-state index contributed by atoms with van der Waals surface area (Å²) in [6, 6.07) is 8.61. The molecule has 7 nitrogen and oxygen atoms in total. The summed E-state index contributed by atoms with van der Waals surface area (Å²) in [5, 5.41) is 3.58. The third-order valence-electron chi connectivity index (χ3n) is 3.05. The molecule has 8 heteroatoms. The molecule has 1 heterocycles. The summed E-state index contributed by atoms with van der Waals surface area (Å²) >= 11 is 0. The summed E-state index contributed by atoms with van der Waals surface area (Å²) in [4.78, 5) is 12.1. The van der Waals surface area contributed by atoms with E-state index >= 15 is 0 Å². The molecule has 1 aromatic carbocycles. The zero-order valence-electron chi connectivity index (χ0n) is 12.4. The highest BCUT2D eigenvalue weighted by atomic mass is 32.2. The lowest BCUT2D eigenvalue weighted by atomic mass is 10.1. The van der Waals surface area contributed by atoms with E-state index in [1.54, 1.807) is 30.3 Å². The quantitative estimate of drug-likeness (QED) is 0.894. The summed E-state index contributed by atoms with van der Waals surface area (Å²) in [5.74, 6) is -0.667. The number of methoxy groups -OCH3 is 1. The molecular weight excluding hydrogens is 308 g/mol. The summed E-state index contributed by atoms with van der Waals surface area (Å²) in [6.07, 6.45) is -1.03. The Morgan fingerprint density at radius 2 is 1.91 bits per heavy atom. The first-order valence-electron chi connectivity index (χ1n) is 6.44. The van der Waals surface area contributed by atoms with E-state index in [4.69, 9.17) is 9.26 Å². The number of hydrogen-bond acceptors (Lipinski definition) is 6. The number of aryl methyl sites for hydroxylation is 2. The van der Waals surface area contributed by atoms with Crippen molar-refractivity contribution >= 4 is 15.9 Å². The topological polar surface area (TPSA) is 98.5 Å². The van der Waals surface area contributed by atoms with Gasteiger partial charge in [-0.25, -0.2) is 13.1 Å². The average Bonchev–Trinajstić information content (AvgIpc) is 2.80. The van der Waals surface area contributed by atoms with Crippen LogP contribution in [0.5, 0.6) is 0 Å². The Balaban J connectivity index is 2.27. The van der Waals surface area contributed by atoms with Crippen LogP contribution in [-0.4, -0.2) is 26.6 Å². The van der Waals surface area contributed by atoms with Gasteiger partial charge < -0.3 is 9.26 Å². The first-order valence-corrected chi connectivity index (χ1v) is 7.92. The maximum atomic E-state index is 12.3. The van der Waals surface area contributed by atoms with E-state index in [2.05, 4.69) is 5.16 Å². The number of carbonyl (C=O) groups is 1. The third-order valence-corrected chi connectivity index (χ3v) is 4.64. The molecule has 0 aliphatic rings. The van der Waals surface area contributed by atoms with Crippen LogP contribution in [0.3, 0.4) is 0 Å². The van der Waals surface area contributed by atoms with E-state index < -0.39 is 22.0 Å². The lowest BCUT2D eigenvalue weighted by Crippen LogP contribution is -2.35. The number of nitrogens with one attached hydrogen (secondary N) is 1. The number of rotatable bonds is 5. The van der Waals surface area contributed by atoms with Crippen LogP contribution in [0.15, 0.2) is 39.8 Å². The predicted octanol–water partition coefficient (Wildman–Crippen LogP) is 1.48. The Morgan fingerprint density at radius 3 is 2.41 bits per heavy atom. The van der Waals surface area contributed by atoms with Gasteiger partial charge in [-0.2, -0.15) is 0 Å². The SMILES string of the molecule is CO[C@H](C(=O)NS(=O)(=O)c1c(C)noc1C)c1ccccc1. The lowest BCUT2D eigenvalue weighted by molar-refractivity contribution is -0.129. The third kappa shape index (κ3) is 3.18. The molecular formula is C14H16N2O5S. The lowest BCUT2D eigenvalue weighted by Gasteiger charge is -2.15. The van der Waals surface area contributed by atoms with Crippen LogP contribution >= 0.6 is 0 Å². The second-order valence-electron chi connectivity index (χ2n) is 4.65. The smallest absolute Gasteiger partial charge is 0.269 e. The number of benzene rings is 1. The van der Waals surface area contributed by atoms with Gasteiger partial charge in [-0.05, 0) is 19.4 Å². The minimum atomic E-state index is -4.08. The van der Waals surface area contributed by atoms with Crippen molar-refractivity contribution in [1.82, 2.24) is 9.88 Å². The van der Waals surface area contributed by atoms with Crippen molar-refractivity contribution in [2.45, 2.75) is 24.8 Å². The summed E-state index contributed by atoms with van der Waals surface area (Å²) in [6.45, 7) is 2.95. The number of carbonyl (C=O) groups excluding carboxylic acids is 1. The van der Waals surface area contributed by atoms with E-state index in [9.17, 15) is 13.2 Å². The molecule has 22 heavy (non-hydrogen) atoms. The van der Waals surface area contributed by atoms with Gasteiger partial charge in [0.05, 0.1) is 0 Å². The first kappa shape index (κ1) is 16.2. The Hall–Kier alpha value is -2.19. The standard InChI is InChI=1S/C14H16N2O5S/c1-9-13(10(2)21-15-9)22(18,19)16-14(17)12(20-3)11-7-5-4-6-8-11/h4-8,12H,1-3H3,(H,16,17)/t12-/m0/s1. The molecule has 0 spiro atoms. The largest absolute Gasteiger partial charge is 0.367 e. The molecule has 0 aliphatic carbocycles. The Kier molecular flexibility index (Phi) is 4.62. The highest BCUT2D eigenvalue weighted by molar-refractivity contribution is 7.90. The monoisotopic (exact) mass is 324 g/mol. The van der Waals surface area contributed by atoms with E-state index in [0.29, 0.717) is 5.56 Å². The number of sulfonamides is 1. The minimum absolute atomic E-state index is 0.117. The molecule has 2 aromatic rings. The van der Waals surface area contributed by atoms with Crippen molar-refractivity contribution in [3.63, 3.8) is 0 Å². The fourth-order valence-corrected chi connectivity index (χ4v) is 3.43. The Labute approximate surface area is 128 Å². The number of amides is 1. The summed E-state index contributed by atoms with van der Waals surface area (Å²) in [7, 11) is -2.74. The number of hydrogen-bond donors (Lipinski definition) is 1. The molecule has 0 bridgehead atoms. The van der Waals surface area contributed by atoms with Gasteiger partial charge >= 0.3 is 0 Å². The Morgan fingerprint density at radius 1 is 1.27 bits per heavy atom. The maximum Gasteiger partial charge on any atom is 0.269 e. The van der Waals surface area contributed by atoms with E-state index in [0.717, 1.165) is 0 Å². The van der Waals surface area contributed by atoms with Gasteiger partial charge in [-0.15, -0.1) is 0 Å². The van der Waals surface area contributed by atoms with Gasteiger partial charge in [0.1, 0.15) is 5.69 Å². The Bertz CT molecular complexity index is 748. The minimum Gasteiger partial charge on any atom is -0.367 e. The highest BCUT2D eigenvalue weighted by Gasteiger charge is 2.30. The van der Waals surface area contributed by atoms with Gasteiger partial charge in [-0.1, -0.05) is 35.5 Å². The molecule has 0 unspecified atom stereocenters. The van der Waals surface area contributed by atoms with Crippen LogP contribution in [0.25, 0.3) is 0 Å². The van der Waals surface area contributed by atoms with Crippen molar-refractivity contribution < 1.29 is 22.5 Å². The summed E-state index contributed by atoms with van der Waals surface area (Å²) < 4.78 is 36.5. The van der Waals surface area contributed by atoms with E-state index in [1.807, 2.05) is 4.72 Å². The zero-order chi connectivity index (χ0) is 16.3. The van der Waals surface area contributed by atoms with Crippen LogP contribution in [0, 0.1) is 13.8 Å². The van der Waals surface area contributed by atoms with E-state index in [-0.39, 0.29) is 16.3 Å². The van der Waals surface area contributed by atoms with Crippen molar-refractivity contribution in [1.29, 1.82) is 0 Å². The van der Waals surface area contributed by atoms with Crippen LogP contribution in [0.4, 0.5) is 0 Å². The molecule has 1 aromatic heterocycles. The van der Waals surface area contributed by atoms with E-state index in [1.165, 1.54) is 21.0 Å². The van der Waals surface area contributed by atoms with Crippen molar-refractivity contribution in [3.05, 3.63) is 47.3 Å². The molecule has 0 saturated carbocycles. The van der Waals surface area contributed by atoms with Crippen molar-refractivity contribution in [2.24, 2.45) is 0 Å². The average molecular weight is 324 g/mol. The molecule has 0 radical (unpaired) electrons. The van der Waals surface area contributed by atoms with Gasteiger partial charge in [-0.3, -0.25) is 4.79 Å². The van der Waals surface area contributed by atoms with Crippen LogP contribution in [-0.2, 0) is 19.6 Å². The maximum absolute atomic E-state index is 12.3. The molecule has 0 fully saturated rings. The number of ether oxygens (including phenoxy) is 1. The molecule has 1 N–H and O–H groups in total. The molecule has 0 saturated heterocycles. The normalized spacial score (nSPS) is 12.9. The summed E-state index contributed by atoms with van der Waals surface area (Å²) in [5.41, 5.74) is 0.739. The van der Waals surface area contributed by atoms with Crippen LogP contribution in [0.1, 0.15) is 23.1 Å². The highest BCUT2D eigenvalue weighted by Crippen LogP contribution is 2.21. The van der Waals surface area contributed by atoms with Gasteiger partial charge in [0.15, 0.2) is 16.8 Å². The van der Waals surface area contributed by atoms with Crippen LogP contribution in [0.2, 0.25) is 0 Å². The predicted molar refractivity (Wildman–Crippen MR) is 77.5 cm³/mol. The second kappa shape index (κ2) is 6.29. The number of aromatic nitrogens is 1. The molecule has 118 valence electrons. The molecule has 0 aliphatic heterocycles. The second-order valence-corrected chi connectivity index (χ2v) is 6.27. The van der Waals surface area contributed by atoms with Gasteiger partial charge in [0.2, 0.25) is 0 Å². The fourth-order valence-electron chi connectivity index (χ4n) is 2.12. The fraction of sp³-hybridized carbons (Fsp3) is 0.286. The molecule has 1 amide bonds. The van der Waals surface area contributed by atoms with Crippen LogP contribution < -0.4 is 4.72 Å². The molecule has 2 rings (SSSR count). The van der Waals surface area contributed by atoms with Gasteiger partial charge in [0.25, 0.3) is 15.9 Å². The van der Waals surface area contributed by atoms with Crippen molar-refractivity contribution in [3.8, 4) is 0 Å².